The SMILES string of the molecule is CCCCN=Cc1cccc2ccccc12. The molecule has 0 aliphatic carbocycles. The topological polar surface area (TPSA) is 12.4 Å². The third-order valence-electron chi connectivity index (χ3n) is 2.69. The van der Waals surface area contributed by atoms with Crippen molar-refractivity contribution in [2.75, 3.05) is 6.54 Å². The van der Waals surface area contributed by atoms with Crippen molar-refractivity contribution in [3.63, 3.8) is 0 Å². The lowest BCUT2D eigenvalue weighted by atomic mass is 10.1. The lowest BCUT2D eigenvalue weighted by molar-refractivity contribution is 0.810. The van der Waals surface area contributed by atoms with E-state index >= 15 is 0 Å². The quantitative estimate of drug-likeness (QED) is 0.534. The van der Waals surface area contributed by atoms with E-state index in [-0.39, 0.29) is 0 Å². The zero-order chi connectivity index (χ0) is 11.2. The van der Waals surface area contributed by atoms with Crippen molar-refractivity contribution in [1.29, 1.82) is 0 Å². The summed E-state index contributed by atoms with van der Waals surface area (Å²) < 4.78 is 0. The summed E-state index contributed by atoms with van der Waals surface area (Å²) >= 11 is 0. The Morgan fingerprint density at radius 1 is 1.06 bits per heavy atom. The first kappa shape index (κ1) is 10.9. The van der Waals surface area contributed by atoms with E-state index in [1.165, 1.54) is 29.2 Å². The van der Waals surface area contributed by atoms with Gasteiger partial charge in [0.1, 0.15) is 0 Å². The van der Waals surface area contributed by atoms with Crippen LogP contribution >= 0.6 is 0 Å². The largest absolute Gasteiger partial charge is 0.293 e. The van der Waals surface area contributed by atoms with E-state index < -0.39 is 0 Å². The molecule has 2 rings (SSSR count). The Bertz CT molecular complexity index is 480. The summed E-state index contributed by atoms with van der Waals surface area (Å²) in [6.07, 6.45) is 4.37. The Labute approximate surface area is 96.8 Å². The molecule has 0 amide bonds. The molecule has 0 aromatic heterocycles. The summed E-state index contributed by atoms with van der Waals surface area (Å²) in [5.41, 5.74) is 1.22. The lowest BCUT2D eigenvalue weighted by Crippen LogP contribution is -1.86. The fourth-order valence-electron chi connectivity index (χ4n) is 1.78. The van der Waals surface area contributed by atoms with Crippen molar-refractivity contribution in [2.24, 2.45) is 4.99 Å². The van der Waals surface area contributed by atoms with Crippen molar-refractivity contribution in [3.8, 4) is 0 Å². The minimum absolute atomic E-state index is 0.930. The van der Waals surface area contributed by atoms with Crippen molar-refractivity contribution >= 4 is 17.0 Å². The van der Waals surface area contributed by atoms with Crippen molar-refractivity contribution < 1.29 is 0 Å². The van der Waals surface area contributed by atoms with E-state index in [1.54, 1.807) is 0 Å². The molecule has 0 heterocycles. The third kappa shape index (κ3) is 2.48. The number of nitrogens with zero attached hydrogens (tertiary/aromatic N) is 1. The van der Waals surface area contributed by atoms with Crippen LogP contribution in [0.2, 0.25) is 0 Å². The minimum Gasteiger partial charge on any atom is -0.293 e. The molecule has 1 heteroatoms. The normalized spacial score (nSPS) is 11.3. The van der Waals surface area contributed by atoms with Crippen LogP contribution in [-0.2, 0) is 0 Å². The summed E-state index contributed by atoms with van der Waals surface area (Å²) in [7, 11) is 0. The average molecular weight is 211 g/mol. The standard InChI is InChI=1S/C15H17N/c1-2-3-11-16-12-14-9-6-8-13-7-4-5-10-15(13)14/h4-10,12H,2-3,11H2,1H3. The number of aliphatic imine (C=N–C) groups is 1. The van der Waals surface area contributed by atoms with Gasteiger partial charge in [-0.1, -0.05) is 55.8 Å². The van der Waals surface area contributed by atoms with Crippen molar-refractivity contribution in [2.45, 2.75) is 19.8 Å². The number of unbranched alkanes of at least 4 members (excludes halogenated alkanes) is 1. The van der Waals surface area contributed by atoms with Gasteiger partial charge < -0.3 is 0 Å². The number of hydrogen-bond donors (Lipinski definition) is 0. The van der Waals surface area contributed by atoms with Crippen LogP contribution in [0.3, 0.4) is 0 Å². The minimum atomic E-state index is 0.930. The summed E-state index contributed by atoms with van der Waals surface area (Å²) in [5.74, 6) is 0. The maximum atomic E-state index is 4.46. The summed E-state index contributed by atoms with van der Waals surface area (Å²) in [5, 5.41) is 2.56. The number of fused-ring (bicyclic) bond motifs is 1. The number of hydrogen-bond acceptors (Lipinski definition) is 1. The predicted octanol–water partition coefficient (Wildman–Crippen LogP) is 4.06. The molecular weight excluding hydrogens is 194 g/mol. The Hall–Kier alpha value is -1.63. The van der Waals surface area contributed by atoms with E-state index in [9.17, 15) is 0 Å². The van der Waals surface area contributed by atoms with Crippen LogP contribution in [0.1, 0.15) is 25.3 Å². The summed E-state index contributed by atoms with van der Waals surface area (Å²) in [6, 6.07) is 14.8. The van der Waals surface area contributed by atoms with Gasteiger partial charge in [-0.05, 0) is 17.2 Å². The first-order chi connectivity index (χ1) is 7.92. The maximum Gasteiger partial charge on any atom is 0.0389 e. The Balaban J connectivity index is 2.27. The molecule has 2 aromatic rings. The maximum absolute atomic E-state index is 4.46. The van der Waals surface area contributed by atoms with Crippen LogP contribution in [0.4, 0.5) is 0 Å². The van der Waals surface area contributed by atoms with Crippen molar-refractivity contribution in [1.82, 2.24) is 0 Å². The van der Waals surface area contributed by atoms with Gasteiger partial charge in [0.15, 0.2) is 0 Å². The second-order valence-electron chi connectivity index (χ2n) is 3.96. The predicted molar refractivity (Wildman–Crippen MR) is 71.3 cm³/mol. The molecule has 0 fully saturated rings. The fourth-order valence-corrected chi connectivity index (χ4v) is 1.78. The molecule has 1 nitrogen and oxygen atoms in total. The van der Waals surface area contributed by atoms with Gasteiger partial charge in [0.25, 0.3) is 0 Å². The first-order valence-corrected chi connectivity index (χ1v) is 5.89. The van der Waals surface area contributed by atoms with Crippen LogP contribution in [0.25, 0.3) is 10.8 Å². The van der Waals surface area contributed by atoms with Crippen molar-refractivity contribution in [3.05, 3.63) is 48.0 Å². The second-order valence-corrected chi connectivity index (χ2v) is 3.96. The van der Waals surface area contributed by atoms with Gasteiger partial charge in [-0.25, -0.2) is 0 Å². The van der Waals surface area contributed by atoms with Crippen LogP contribution in [0.15, 0.2) is 47.5 Å². The van der Waals surface area contributed by atoms with Crippen LogP contribution < -0.4 is 0 Å². The highest BCUT2D eigenvalue weighted by Crippen LogP contribution is 2.16. The van der Waals surface area contributed by atoms with Gasteiger partial charge in [0, 0.05) is 18.3 Å². The van der Waals surface area contributed by atoms with Crippen LogP contribution in [-0.4, -0.2) is 12.8 Å². The number of benzene rings is 2. The van der Waals surface area contributed by atoms with Gasteiger partial charge >= 0.3 is 0 Å². The van der Waals surface area contributed by atoms with Gasteiger partial charge in [-0.15, -0.1) is 0 Å². The molecule has 2 aromatic carbocycles. The van der Waals surface area contributed by atoms with Crippen LogP contribution in [0, 0.1) is 0 Å². The van der Waals surface area contributed by atoms with Gasteiger partial charge in [0.05, 0.1) is 0 Å². The zero-order valence-electron chi connectivity index (χ0n) is 9.69. The van der Waals surface area contributed by atoms with E-state index in [2.05, 4.69) is 54.4 Å². The highest BCUT2D eigenvalue weighted by molar-refractivity contribution is 5.99. The molecule has 0 N–H and O–H groups in total. The Kier molecular flexibility index (Phi) is 3.71. The van der Waals surface area contributed by atoms with Gasteiger partial charge in [-0.2, -0.15) is 0 Å². The van der Waals surface area contributed by atoms with E-state index in [0.29, 0.717) is 0 Å². The molecular formula is C15H17N. The van der Waals surface area contributed by atoms with Crippen LogP contribution in [0.5, 0.6) is 0 Å². The molecule has 16 heavy (non-hydrogen) atoms. The highest BCUT2D eigenvalue weighted by Gasteiger charge is 1.96. The van der Waals surface area contributed by atoms with Gasteiger partial charge in [0.2, 0.25) is 0 Å². The Morgan fingerprint density at radius 3 is 2.75 bits per heavy atom. The molecule has 0 unspecified atom stereocenters. The lowest BCUT2D eigenvalue weighted by Gasteiger charge is -2.00. The smallest absolute Gasteiger partial charge is 0.0389 e. The highest BCUT2D eigenvalue weighted by atomic mass is 14.7. The molecule has 0 radical (unpaired) electrons. The molecule has 82 valence electrons. The average Bonchev–Trinajstić information content (AvgIpc) is 2.35. The Morgan fingerprint density at radius 2 is 1.88 bits per heavy atom. The van der Waals surface area contributed by atoms with Gasteiger partial charge in [-0.3, -0.25) is 4.99 Å². The van der Waals surface area contributed by atoms with E-state index in [1.807, 2.05) is 6.21 Å². The zero-order valence-corrected chi connectivity index (χ0v) is 9.69. The number of rotatable bonds is 4. The summed E-state index contributed by atoms with van der Waals surface area (Å²) in [4.78, 5) is 4.46. The molecule has 0 aliphatic heterocycles. The molecule has 0 saturated heterocycles. The molecule has 0 spiro atoms. The molecule has 0 saturated carbocycles. The first-order valence-electron chi connectivity index (χ1n) is 5.89. The fraction of sp³-hybridized carbons (Fsp3) is 0.267. The van der Waals surface area contributed by atoms with E-state index in [0.717, 1.165) is 6.54 Å². The molecule has 0 atom stereocenters. The molecule has 0 aliphatic rings. The summed E-state index contributed by atoms with van der Waals surface area (Å²) in [6.45, 7) is 3.12. The third-order valence-corrected chi connectivity index (χ3v) is 2.69. The molecule has 0 bridgehead atoms. The monoisotopic (exact) mass is 211 g/mol. The second kappa shape index (κ2) is 5.45. The van der Waals surface area contributed by atoms with E-state index in [4.69, 9.17) is 0 Å².